The Hall–Kier alpha value is -4.19. The summed E-state index contributed by atoms with van der Waals surface area (Å²) in [5, 5.41) is 0.0624. The number of allylic oxidation sites excluding steroid dienone is 3. The fourth-order valence-corrected chi connectivity index (χ4v) is 8.30. The Morgan fingerprint density at radius 2 is 1.85 bits per heavy atom. The normalized spacial score (nSPS) is 14.9. The first-order valence-electron chi connectivity index (χ1n) is 15.1. The molecule has 7 nitrogen and oxygen atoms in total. The lowest BCUT2D eigenvalue weighted by atomic mass is 9.84. The van der Waals surface area contributed by atoms with Crippen molar-refractivity contribution < 1.29 is 31.4 Å². The number of thiazole rings is 1. The van der Waals surface area contributed by atoms with Crippen LogP contribution < -0.4 is 18.5 Å². The summed E-state index contributed by atoms with van der Waals surface area (Å²) in [7, 11) is -1.60. The molecule has 0 amide bonds. The van der Waals surface area contributed by atoms with Gasteiger partial charge in [-0.2, -0.15) is 0 Å². The van der Waals surface area contributed by atoms with Crippen molar-refractivity contribution >= 4 is 49.7 Å². The van der Waals surface area contributed by atoms with Gasteiger partial charge in [0.1, 0.15) is 33.8 Å². The zero-order valence-electron chi connectivity index (χ0n) is 26.7. The van der Waals surface area contributed by atoms with E-state index in [9.17, 15) is 12.8 Å². The van der Waals surface area contributed by atoms with Gasteiger partial charge in [-0.05, 0) is 73.7 Å². The molecule has 1 heterocycles. The van der Waals surface area contributed by atoms with Crippen LogP contribution >= 0.6 is 22.9 Å². The number of halogens is 3. The molecule has 1 aliphatic carbocycles. The van der Waals surface area contributed by atoms with Crippen molar-refractivity contribution in [3.63, 3.8) is 0 Å². The van der Waals surface area contributed by atoms with Crippen LogP contribution in [0.3, 0.4) is 0 Å². The van der Waals surface area contributed by atoms with E-state index in [1.807, 2.05) is 6.92 Å². The SMILES string of the molecule is C=C/C=C\c1nc(N(Cc2ccc(OC)cc2OC)S(=O)(=O)c2cc(Cl)c(OCC3CCCC=C3c3ccc(F)cc3)cc2F)sc1C. The van der Waals surface area contributed by atoms with Gasteiger partial charge in [0.25, 0.3) is 10.0 Å². The lowest BCUT2D eigenvalue weighted by Crippen LogP contribution is -2.31. The molecule has 48 heavy (non-hydrogen) atoms. The Kier molecular flexibility index (Phi) is 11.2. The van der Waals surface area contributed by atoms with Gasteiger partial charge in [0.15, 0.2) is 0 Å². The van der Waals surface area contributed by atoms with Crippen molar-refractivity contribution in [3.8, 4) is 17.2 Å². The summed E-state index contributed by atoms with van der Waals surface area (Å²) in [5.74, 6) is -0.472. The summed E-state index contributed by atoms with van der Waals surface area (Å²) in [6, 6.07) is 13.3. The van der Waals surface area contributed by atoms with Crippen LogP contribution in [0.1, 0.15) is 41.0 Å². The quantitative estimate of drug-likeness (QED) is 0.129. The second kappa shape index (κ2) is 15.4. The van der Waals surface area contributed by atoms with Crippen LogP contribution in [-0.4, -0.2) is 34.2 Å². The van der Waals surface area contributed by atoms with Gasteiger partial charge in [0, 0.05) is 28.5 Å². The summed E-state index contributed by atoms with van der Waals surface area (Å²) in [6.07, 6.45) is 9.74. The summed E-state index contributed by atoms with van der Waals surface area (Å²) < 4.78 is 76.0. The molecule has 1 atom stereocenters. The first kappa shape index (κ1) is 35.1. The molecule has 12 heteroatoms. The summed E-state index contributed by atoms with van der Waals surface area (Å²) >= 11 is 7.73. The molecule has 3 aromatic carbocycles. The second-order valence-electron chi connectivity index (χ2n) is 11.0. The zero-order chi connectivity index (χ0) is 34.4. The van der Waals surface area contributed by atoms with Crippen molar-refractivity contribution in [2.75, 3.05) is 25.1 Å². The van der Waals surface area contributed by atoms with Crippen LogP contribution in [0.2, 0.25) is 5.02 Å². The molecule has 0 bridgehead atoms. The Morgan fingerprint density at radius 1 is 1.08 bits per heavy atom. The maximum absolute atomic E-state index is 15.9. The topological polar surface area (TPSA) is 78.0 Å². The van der Waals surface area contributed by atoms with E-state index in [0.29, 0.717) is 22.8 Å². The minimum absolute atomic E-state index is 0.0162. The number of aromatic nitrogens is 1. The average Bonchev–Trinajstić information content (AvgIpc) is 3.45. The van der Waals surface area contributed by atoms with Gasteiger partial charge in [0.2, 0.25) is 5.13 Å². The number of rotatable bonds is 13. The van der Waals surface area contributed by atoms with Gasteiger partial charge < -0.3 is 14.2 Å². The van der Waals surface area contributed by atoms with Crippen molar-refractivity contribution in [1.29, 1.82) is 0 Å². The second-order valence-corrected chi connectivity index (χ2v) is 14.5. The van der Waals surface area contributed by atoms with Gasteiger partial charge in [0.05, 0.1) is 38.1 Å². The van der Waals surface area contributed by atoms with Gasteiger partial charge >= 0.3 is 0 Å². The number of nitrogens with zero attached hydrogens (tertiary/aromatic N) is 2. The van der Waals surface area contributed by atoms with Gasteiger partial charge in [-0.3, -0.25) is 0 Å². The lowest BCUT2D eigenvalue weighted by Gasteiger charge is -2.26. The molecule has 0 saturated carbocycles. The maximum atomic E-state index is 15.9. The van der Waals surface area contributed by atoms with Crippen LogP contribution in [0.4, 0.5) is 13.9 Å². The highest BCUT2D eigenvalue weighted by Gasteiger charge is 2.33. The Bertz CT molecular complexity index is 1960. The third-order valence-electron chi connectivity index (χ3n) is 7.97. The molecular formula is C36H35ClF2N2O5S2. The van der Waals surface area contributed by atoms with E-state index in [0.717, 1.165) is 63.1 Å². The Balaban J connectivity index is 1.47. The smallest absolute Gasteiger partial charge is 0.269 e. The number of methoxy groups -OCH3 is 2. The highest BCUT2D eigenvalue weighted by molar-refractivity contribution is 7.93. The Labute approximate surface area is 288 Å². The monoisotopic (exact) mass is 712 g/mol. The van der Waals surface area contributed by atoms with Crippen molar-refractivity contribution in [1.82, 2.24) is 4.98 Å². The molecule has 1 aliphatic rings. The molecule has 0 aliphatic heterocycles. The summed E-state index contributed by atoms with van der Waals surface area (Å²) in [4.78, 5) is 4.69. The van der Waals surface area contributed by atoms with Crippen molar-refractivity contribution in [2.24, 2.45) is 5.92 Å². The molecule has 1 unspecified atom stereocenters. The number of hydrogen-bond donors (Lipinski definition) is 0. The summed E-state index contributed by atoms with van der Waals surface area (Å²) in [6.45, 7) is 5.45. The first-order valence-corrected chi connectivity index (χ1v) is 17.8. The molecule has 4 aromatic rings. The third kappa shape index (κ3) is 7.75. The van der Waals surface area contributed by atoms with Crippen LogP contribution in [0.5, 0.6) is 17.2 Å². The molecule has 1 aromatic heterocycles. The molecule has 0 spiro atoms. The van der Waals surface area contributed by atoms with Crippen LogP contribution in [0.25, 0.3) is 11.6 Å². The number of ether oxygens (including phenoxy) is 3. The largest absolute Gasteiger partial charge is 0.497 e. The van der Waals surface area contributed by atoms with Gasteiger partial charge in [-0.15, -0.1) is 11.3 Å². The van der Waals surface area contributed by atoms with Crippen LogP contribution in [0.15, 0.2) is 84.3 Å². The molecular weight excluding hydrogens is 678 g/mol. The molecule has 0 fully saturated rings. The molecule has 0 N–H and O–H groups in total. The molecule has 0 radical (unpaired) electrons. The number of benzene rings is 3. The van der Waals surface area contributed by atoms with Crippen LogP contribution in [0, 0.1) is 24.5 Å². The van der Waals surface area contributed by atoms with Gasteiger partial charge in [-0.1, -0.05) is 48.5 Å². The highest BCUT2D eigenvalue weighted by Crippen LogP contribution is 2.39. The Morgan fingerprint density at radius 3 is 2.56 bits per heavy atom. The summed E-state index contributed by atoms with van der Waals surface area (Å²) in [5.41, 5.74) is 2.96. The minimum atomic E-state index is -4.58. The predicted molar refractivity (Wildman–Crippen MR) is 188 cm³/mol. The van der Waals surface area contributed by atoms with E-state index in [-0.39, 0.29) is 40.8 Å². The molecule has 5 rings (SSSR count). The standard InChI is InChI=1S/C36H35ClF2N2O5S2/c1-5-6-11-32-23(2)47-36(40-32)41(21-25-14-17-28(44-3)18-33(25)45-4)48(42,43)35-19-30(37)34(20-31(35)39)46-22-26-9-7-8-10-29(26)24-12-15-27(38)16-13-24/h5-6,10-20,26H,1,7-9,21-22H2,2-4H3/b11-6-. The van der Waals surface area contributed by atoms with E-state index in [1.165, 1.54) is 26.4 Å². The van der Waals surface area contributed by atoms with Gasteiger partial charge in [-0.25, -0.2) is 26.5 Å². The highest BCUT2D eigenvalue weighted by atomic mass is 35.5. The first-order chi connectivity index (χ1) is 23.0. The lowest BCUT2D eigenvalue weighted by molar-refractivity contribution is 0.267. The van der Waals surface area contributed by atoms with E-state index in [1.54, 1.807) is 48.6 Å². The molecule has 0 saturated heterocycles. The fourth-order valence-electron chi connectivity index (χ4n) is 5.45. The predicted octanol–water partition coefficient (Wildman–Crippen LogP) is 9.26. The number of anilines is 1. The van der Waals surface area contributed by atoms with Crippen molar-refractivity contribution in [2.45, 2.75) is 37.6 Å². The average molecular weight is 713 g/mol. The van der Waals surface area contributed by atoms with E-state index >= 15 is 4.39 Å². The molecule has 252 valence electrons. The van der Waals surface area contributed by atoms with E-state index in [2.05, 4.69) is 17.6 Å². The number of sulfonamides is 1. The third-order valence-corrected chi connectivity index (χ3v) is 11.1. The zero-order valence-corrected chi connectivity index (χ0v) is 29.1. The van der Waals surface area contributed by atoms with E-state index < -0.39 is 20.7 Å². The fraction of sp³-hybridized carbons (Fsp3) is 0.250. The van der Waals surface area contributed by atoms with Crippen molar-refractivity contribution in [3.05, 3.63) is 118 Å². The number of hydrogen-bond acceptors (Lipinski definition) is 7. The number of aryl methyl sites for hydroxylation is 1. The van der Waals surface area contributed by atoms with Crippen LogP contribution in [-0.2, 0) is 16.6 Å². The van der Waals surface area contributed by atoms with E-state index in [4.69, 9.17) is 25.8 Å². The minimum Gasteiger partial charge on any atom is -0.497 e. The maximum Gasteiger partial charge on any atom is 0.269 e.